The van der Waals surface area contributed by atoms with Gasteiger partial charge in [0, 0.05) is 24.1 Å². The average molecular weight is 434 g/mol. The van der Waals surface area contributed by atoms with Gasteiger partial charge in [-0.25, -0.2) is 0 Å². The lowest BCUT2D eigenvalue weighted by Gasteiger charge is -2.37. The van der Waals surface area contributed by atoms with Crippen molar-refractivity contribution in [3.63, 3.8) is 0 Å². The van der Waals surface area contributed by atoms with E-state index in [9.17, 15) is 9.59 Å². The number of benzene rings is 2. The summed E-state index contributed by atoms with van der Waals surface area (Å²) in [5.74, 6) is 1.49. The van der Waals surface area contributed by atoms with Crippen LogP contribution in [0.1, 0.15) is 60.7 Å². The van der Waals surface area contributed by atoms with Gasteiger partial charge in [-0.15, -0.1) is 0 Å². The van der Waals surface area contributed by atoms with Crippen LogP contribution in [-0.4, -0.2) is 35.8 Å². The molecule has 2 aliphatic heterocycles. The molecule has 5 nitrogen and oxygen atoms in total. The Morgan fingerprint density at radius 2 is 1.97 bits per heavy atom. The van der Waals surface area contributed by atoms with Crippen molar-refractivity contribution < 1.29 is 19.1 Å². The van der Waals surface area contributed by atoms with E-state index in [2.05, 4.69) is 12.1 Å². The van der Waals surface area contributed by atoms with E-state index in [1.165, 1.54) is 5.56 Å². The third-order valence-corrected chi connectivity index (χ3v) is 6.30. The van der Waals surface area contributed by atoms with Crippen LogP contribution < -0.4 is 9.47 Å². The van der Waals surface area contributed by atoms with Crippen LogP contribution in [0, 0.1) is 0 Å². The Balaban J connectivity index is 1.60. The molecule has 1 amide bonds. The van der Waals surface area contributed by atoms with E-state index in [0.29, 0.717) is 30.8 Å². The largest absolute Gasteiger partial charge is 0.496 e. The van der Waals surface area contributed by atoms with Gasteiger partial charge in [0.2, 0.25) is 0 Å². The summed E-state index contributed by atoms with van der Waals surface area (Å²) in [5.41, 5.74) is 4.15. The van der Waals surface area contributed by atoms with E-state index >= 15 is 0 Å². The molecule has 0 aromatic heterocycles. The van der Waals surface area contributed by atoms with Crippen LogP contribution in [0.5, 0.6) is 11.5 Å². The Hall–Kier alpha value is -3.08. The minimum atomic E-state index is -0.601. The maximum absolute atomic E-state index is 13.2. The van der Waals surface area contributed by atoms with Gasteiger partial charge in [-0.1, -0.05) is 35.9 Å². The summed E-state index contributed by atoms with van der Waals surface area (Å²) >= 11 is 0. The third kappa shape index (κ3) is 4.43. The van der Waals surface area contributed by atoms with Gasteiger partial charge in [-0.3, -0.25) is 9.59 Å². The van der Waals surface area contributed by atoms with Crippen LogP contribution in [0.2, 0.25) is 0 Å². The van der Waals surface area contributed by atoms with Gasteiger partial charge in [-0.2, -0.15) is 0 Å². The fourth-order valence-electron chi connectivity index (χ4n) is 4.69. The summed E-state index contributed by atoms with van der Waals surface area (Å²) in [4.78, 5) is 27.5. The molecule has 168 valence electrons. The van der Waals surface area contributed by atoms with Gasteiger partial charge >= 0.3 is 0 Å². The molecule has 5 heteroatoms. The summed E-state index contributed by atoms with van der Waals surface area (Å²) in [6, 6.07) is 12.0. The highest BCUT2D eigenvalue weighted by molar-refractivity contribution is 6.00. The van der Waals surface area contributed by atoms with E-state index in [1.54, 1.807) is 13.2 Å². The molecule has 4 rings (SSSR count). The zero-order chi connectivity index (χ0) is 22.9. The Labute approximate surface area is 190 Å². The number of methoxy groups -OCH3 is 1. The van der Waals surface area contributed by atoms with Crippen molar-refractivity contribution in [1.82, 2.24) is 4.90 Å². The second kappa shape index (κ2) is 8.81. The Kier molecular flexibility index (Phi) is 6.09. The second-order valence-corrected chi connectivity index (χ2v) is 9.29. The number of amides is 1. The summed E-state index contributed by atoms with van der Waals surface area (Å²) in [6.45, 7) is 6.99. The van der Waals surface area contributed by atoms with E-state index in [-0.39, 0.29) is 11.7 Å². The first-order valence-corrected chi connectivity index (χ1v) is 11.2. The van der Waals surface area contributed by atoms with Crippen molar-refractivity contribution in [2.45, 2.75) is 58.6 Å². The van der Waals surface area contributed by atoms with Crippen LogP contribution in [0.15, 0.2) is 48.0 Å². The van der Waals surface area contributed by atoms with Crippen molar-refractivity contribution in [3.05, 3.63) is 70.3 Å². The van der Waals surface area contributed by atoms with Crippen molar-refractivity contribution in [2.24, 2.45) is 0 Å². The summed E-state index contributed by atoms with van der Waals surface area (Å²) in [7, 11) is 1.63. The number of carbonyl (C=O) groups excluding carboxylic acids is 2. The minimum absolute atomic E-state index is 0.00789. The SMILES string of the molecule is COc1cc2c(c3c1CCC(C)(CC(=O)C=C(C)C)O3)CN(CCc1ccccc1)C2=O. The van der Waals surface area contributed by atoms with E-state index in [1.807, 2.05) is 49.9 Å². The van der Waals surface area contributed by atoms with Crippen molar-refractivity contribution in [3.8, 4) is 11.5 Å². The fourth-order valence-corrected chi connectivity index (χ4v) is 4.69. The molecule has 0 aliphatic carbocycles. The molecule has 1 atom stereocenters. The zero-order valence-electron chi connectivity index (χ0n) is 19.4. The quantitative estimate of drug-likeness (QED) is 0.583. The number of hydrogen-bond donors (Lipinski definition) is 0. The summed E-state index contributed by atoms with van der Waals surface area (Å²) in [5, 5.41) is 0. The molecule has 0 saturated heterocycles. The molecule has 0 saturated carbocycles. The molecule has 0 bridgehead atoms. The zero-order valence-corrected chi connectivity index (χ0v) is 19.4. The lowest BCUT2D eigenvalue weighted by molar-refractivity contribution is -0.118. The predicted molar refractivity (Wildman–Crippen MR) is 124 cm³/mol. The van der Waals surface area contributed by atoms with E-state index < -0.39 is 5.60 Å². The highest BCUT2D eigenvalue weighted by Gasteiger charge is 2.40. The van der Waals surface area contributed by atoms with Crippen molar-refractivity contribution in [2.75, 3.05) is 13.7 Å². The molecule has 2 aromatic rings. The monoisotopic (exact) mass is 433 g/mol. The fraction of sp³-hybridized carbons (Fsp3) is 0.407. The first-order valence-electron chi connectivity index (χ1n) is 11.2. The van der Waals surface area contributed by atoms with Crippen LogP contribution in [0.3, 0.4) is 0 Å². The number of carbonyl (C=O) groups is 2. The second-order valence-electron chi connectivity index (χ2n) is 9.29. The number of ketones is 1. The van der Waals surface area contributed by atoms with Gasteiger partial charge < -0.3 is 14.4 Å². The topological polar surface area (TPSA) is 55.8 Å². The molecule has 32 heavy (non-hydrogen) atoms. The maximum Gasteiger partial charge on any atom is 0.254 e. The number of nitrogens with zero attached hydrogens (tertiary/aromatic N) is 1. The number of allylic oxidation sites excluding steroid dienone is 2. The molecule has 2 aromatic carbocycles. The maximum atomic E-state index is 13.2. The number of rotatable bonds is 7. The van der Waals surface area contributed by atoms with E-state index in [4.69, 9.17) is 9.47 Å². The van der Waals surface area contributed by atoms with Crippen LogP contribution in [0.25, 0.3) is 0 Å². The lowest BCUT2D eigenvalue weighted by atomic mass is 9.86. The molecule has 0 N–H and O–H groups in total. The molecule has 0 radical (unpaired) electrons. The third-order valence-electron chi connectivity index (χ3n) is 6.30. The molecule has 2 aliphatic rings. The Morgan fingerprint density at radius 1 is 1.22 bits per heavy atom. The first-order chi connectivity index (χ1) is 15.3. The van der Waals surface area contributed by atoms with Gasteiger partial charge in [-0.05, 0) is 57.7 Å². The van der Waals surface area contributed by atoms with Crippen molar-refractivity contribution in [1.29, 1.82) is 0 Å². The highest BCUT2D eigenvalue weighted by atomic mass is 16.5. The van der Waals surface area contributed by atoms with E-state index in [0.717, 1.165) is 41.7 Å². The average Bonchev–Trinajstić information content (AvgIpc) is 3.07. The highest BCUT2D eigenvalue weighted by Crippen LogP contribution is 2.46. The van der Waals surface area contributed by atoms with Crippen LogP contribution >= 0.6 is 0 Å². The predicted octanol–water partition coefficient (Wildman–Crippen LogP) is 4.90. The van der Waals surface area contributed by atoms with Crippen molar-refractivity contribution >= 4 is 11.7 Å². The standard InChI is InChI=1S/C27H31NO4/c1-18(2)14-20(29)16-27(3)12-10-21-24(31-4)15-22-23(25(21)32-27)17-28(26(22)30)13-11-19-8-6-5-7-9-19/h5-9,14-15H,10-13,16-17H2,1-4H3. The Bertz CT molecular complexity index is 1070. The molecular weight excluding hydrogens is 402 g/mol. The van der Waals surface area contributed by atoms with Gasteiger partial charge in [0.25, 0.3) is 5.91 Å². The van der Waals surface area contributed by atoms with Gasteiger partial charge in [0.05, 0.1) is 19.2 Å². The number of ether oxygens (including phenoxy) is 2. The Morgan fingerprint density at radius 3 is 2.66 bits per heavy atom. The van der Waals surface area contributed by atoms with Crippen LogP contribution in [-0.2, 0) is 24.2 Å². The molecule has 1 unspecified atom stereocenters. The lowest BCUT2D eigenvalue weighted by Crippen LogP contribution is -2.39. The normalized spacial score (nSPS) is 19.1. The molecule has 2 heterocycles. The molecular formula is C27H31NO4. The summed E-state index contributed by atoms with van der Waals surface area (Å²) in [6.07, 6.45) is 4.27. The molecule has 0 spiro atoms. The van der Waals surface area contributed by atoms with Gasteiger partial charge in [0.15, 0.2) is 5.78 Å². The summed E-state index contributed by atoms with van der Waals surface area (Å²) < 4.78 is 12.1. The first kappa shape index (κ1) is 22.1. The van der Waals surface area contributed by atoms with Gasteiger partial charge in [0.1, 0.15) is 17.1 Å². The number of hydrogen-bond acceptors (Lipinski definition) is 4. The van der Waals surface area contributed by atoms with Crippen LogP contribution in [0.4, 0.5) is 0 Å². The minimum Gasteiger partial charge on any atom is -0.496 e. The smallest absolute Gasteiger partial charge is 0.254 e. The number of fused-ring (bicyclic) bond motifs is 3. The molecule has 0 fully saturated rings.